The summed E-state index contributed by atoms with van der Waals surface area (Å²) in [6.07, 6.45) is -1.95. The molecular formula is C44H66O10Si. The van der Waals surface area contributed by atoms with Crippen LogP contribution in [0.4, 0.5) is 0 Å². The van der Waals surface area contributed by atoms with Crippen LogP contribution in [0.2, 0.25) is 18.1 Å². The smallest absolute Gasteiger partial charge is 0.192 e. The zero-order valence-electron chi connectivity index (χ0n) is 35.0. The van der Waals surface area contributed by atoms with Gasteiger partial charge in [0.2, 0.25) is 0 Å². The summed E-state index contributed by atoms with van der Waals surface area (Å²) in [5.41, 5.74) is -2.72. The summed E-state index contributed by atoms with van der Waals surface area (Å²) in [5, 5.41) is 25.3. The molecule has 10 nitrogen and oxygen atoms in total. The quantitative estimate of drug-likeness (QED) is 0.134. The average Bonchev–Trinajstić information content (AvgIpc) is 3.58. The third kappa shape index (κ3) is 7.63. The Hall–Kier alpha value is -2.19. The van der Waals surface area contributed by atoms with Crippen molar-refractivity contribution in [1.29, 1.82) is 0 Å². The van der Waals surface area contributed by atoms with Crippen LogP contribution >= 0.6 is 0 Å². The second-order valence-corrected chi connectivity index (χ2v) is 24.0. The second kappa shape index (κ2) is 15.2. The van der Waals surface area contributed by atoms with E-state index in [-0.39, 0.29) is 43.7 Å². The van der Waals surface area contributed by atoms with Crippen LogP contribution < -0.4 is 4.74 Å². The minimum absolute atomic E-state index is 0.0744. The maximum absolute atomic E-state index is 15.4. The molecule has 11 heteroatoms. The fourth-order valence-electron chi connectivity index (χ4n) is 9.83. The zero-order valence-corrected chi connectivity index (χ0v) is 36.0. The van der Waals surface area contributed by atoms with Crippen LogP contribution in [0.25, 0.3) is 0 Å². The molecule has 2 aromatic carbocycles. The first kappa shape index (κ1) is 42.4. The molecule has 9 atom stereocenters. The molecule has 0 aromatic heterocycles. The number of fused-ring (bicyclic) bond motifs is 4. The molecular weight excluding hydrogens is 717 g/mol. The molecule has 3 aliphatic carbocycles. The Bertz CT molecular complexity index is 1640. The number of Topliss-reactive ketones (excluding diaryl/α,β-unsaturated/α-hetero) is 1. The number of hydrogen-bond acceptors (Lipinski definition) is 10. The summed E-state index contributed by atoms with van der Waals surface area (Å²) >= 11 is 0. The van der Waals surface area contributed by atoms with Crippen LogP contribution in [0.15, 0.2) is 54.6 Å². The first-order valence-electron chi connectivity index (χ1n) is 20.1. The van der Waals surface area contributed by atoms with Crippen molar-refractivity contribution in [1.82, 2.24) is 0 Å². The topological polar surface area (TPSA) is 122 Å². The molecule has 1 spiro atoms. The van der Waals surface area contributed by atoms with Crippen molar-refractivity contribution >= 4 is 14.1 Å². The molecule has 0 radical (unpaired) electrons. The van der Waals surface area contributed by atoms with Gasteiger partial charge in [-0.1, -0.05) is 77.1 Å². The fourth-order valence-corrected chi connectivity index (χ4v) is 11.2. The number of rotatable bonds is 11. The van der Waals surface area contributed by atoms with Crippen molar-refractivity contribution in [2.24, 2.45) is 22.7 Å². The van der Waals surface area contributed by atoms with Crippen LogP contribution in [0.5, 0.6) is 5.75 Å². The highest BCUT2D eigenvalue weighted by molar-refractivity contribution is 6.74. The van der Waals surface area contributed by atoms with E-state index in [9.17, 15) is 10.2 Å². The largest absolute Gasteiger partial charge is 0.497 e. The number of ketones is 1. The normalized spacial score (nSPS) is 35.9. The van der Waals surface area contributed by atoms with E-state index in [4.69, 9.17) is 32.8 Å². The lowest BCUT2D eigenvalue weighted by Crippen LogP contribution is -2.70. The highest BCUT2D eigenvalue weighted by Crippen LogP contribution is 2.63. The molecule has 2 bridgehead atoms. The molecule has 4 aliphatic rings. The Morgan fingerprint density at radius 2 is 1.53 bits per heavy atom. The Labute approximate surface area is 329 Å². The van der Waals surface area contributed by atoms with E-state index in [1.54, 1.807) is 7.11 Å². The molecule has 2 aromatic rings. The van der Waals surface area contributed by atoms with Gasteiger partial charge in [0.25, 0.3) is 0 Å². The van der Waals surface area contributed by atoms with Gasteiger partial charge in [0, 0.05) is 23.7 Å². The Kier molecular flexibility index (Phi) is 11.7. The molecule has 55 heavy (non-hydrogen) atoms. The number of methoxy groups -OCH3 is 1. The standard InChI is InChI=1S/C44H66O10Si/c1-39(2,3)55(10,11)53-36-23-33-42(8,38(46)37(45)32-21-22-44(36,47)40(32,4)5)34(51-28-49-25-29-15-13-12-14-16-29)24-35(43(33)27-52-41(6,7)54-43)50-26-30-17-19-31(48-9)20-18-30/h12-20,32-37,45,47H,21-28H2,1-11H3/t32-,33+,34+,35-,36+,37-,42+,43-,44-/m1/s1. The number of carbonyl (C=O) groups is 1. The average molecular weight is 783 g/mol. The van der Waals surface area contributed by atoms with Crippen LogP contribution in [-0.2, 0) is 46.1 Å². The second-order valence-electron chi connectivity index (χ2n) is 19.3. The van der Waals surface area contributed by atoms with Gasteiger partial charge < -0.3 is 43.1 Å². The van der Waals surface area contributed by atoms with E-state index >= 15 is 4.79 Å². The van der Waals surface area contributed by atoms with E-state index in [1.165, 1.54) is 0 Å². The van der Waals surface area contributed by atoms with Gasteiger partial charge in [-0.05, 0) is 81.4 Å². The van der Waals surface area contributed by atoms with Crippen molar-refractivity contribution in [2.75, 3.05) is 20.5 Å². The molecule has 1 aliphatic heterocycles. The summed E-state index contributed by atoms with van der Waals surface area (Å²) in [4.78, 5) is 15.4. The first-order valence-corrected chi connectivity index (χ1v) is 23.0. The summed E-state index contributed by atoms with van der Waals surface area (Å²) in [7, 11) is -0.885. The fraction of sp³-hybridized carbons (Fsp3) is 0.705. The third-order valence-corrected chi connectivity index (χ3v) is 18.9. The lowest BCUT2D eigenvalue weighted by atomic mass is 9.53. The van der Waals surface area contributed by atoms with Crippen LogP contribution in [0.3, 0.4) is 0 Å². The molecule has 1 heterocycles. The summed E-state index contributed by atoms with van der Waals surface area (Å²) < 4.78 is 46.0. The van der Waals surface area contributed by atoms with E-state index in [2.05, 4.69) is 33.9 Å². The van der Waals surface area contributed by atoms with Gasteiger partial charge >= 0.3 is 0 Å². The minimum Gasteiger partial charge on any atom is -0.497 e. The van der Waals surface area contributed by atoms with Gasteiger partial charge in [-0.3, -0.25) is 4.79 Å². The lowest BCUT2D eigenvalue weighted by molar-refractivity contribution is -0.277. The Morgan fingerprint density at radius 3 is 2.13 bits per heavy atom. The van der Waals surface area contributed by atoms with Crippen LogP contribution in [0.1, 0.15) is 92.2 Å². The highest BCUT2D eigenvalue weighted by atomic mass is 28.4. The summed E-state index contributed by atoms with van der Waals surface area (Å²) in [6, 6.07) is 17.6. The predicted octanol–water partition coefficient (Wildman–Crippen LogP) is 7.58. The van der Waals surface area contributed by atoms with Gasteiger partial charge in [0.1, 0.15) is 24.2 Å². The lowest BCUT2D eigenvalue weighted by Gasteiger charge is -2.58. The zero-order chi connectivity index (χ0) is 40.2. The van der Waals surface area contributed by atoms with E-state index in [1.807, 2.05) is 89.2 Å². The Balaban J connectivity index is 1.48. The molecule has 1 saturated heterocycles. The minimum atomic E-state index is -2.52. The van der Waals surface area contributed by atoms with E-state index in [0.717, 1.165) is 16.9 Å². The van der Waals surface area contributed by atoms with Gasteiger partial charge in [0.15, 0.2) is 19.9 Å². The number of aliphatic hydroxyl groups is 2. The molecule has 0 unspecified atom stereocenters. The highest BCUT2D eigenvalue weighted by Gasteiger charge is 2.73. The predicted molar refractivity (Wildman–Crippen MR) is 212 cm³/mol. The summed E-state index contributed by atoms with van der Waals surface area (Å²) in [5.74, 6) is -1.73. The molecule has 0 amide bonds. The van der Waals surface area contributed by atoms with Crippen LogP contribution in [0, 0.1) is 22.7 Å². The SMILES string of the molecule is COc1ccc(CO[C@@H]2C[C@H](OCOCc3ccccc3)[C@@]3(C)C(=O)[C@H](O)[C@H]4CC[C@@](O)([C@@H](O[Si](C)(C)C(C)(C)C)C[C@@H]3[C@]23COC(C)(C)O3)C4(C)C)cc1. The van der Waals surface area contributed by atoms with E-state index < -0.39 is 72.4 Å². The number of carbonyl (C=O) groups excluding carboxylic acids is 1. The van der Waals surface area contributed by atoms with Gasteiger partial charge in [-0.25, -0.2) is 0 Å². The maximum atomic E-state index is 15.4. The Morgan fingerprint density at radius 1 is 0.873 bits per heavy atom. The van der Waals surface area contributed by atoms with Crippen molar-refractivity contribution < 1.29 is 47.9 Å². The van der Waals surface area contributed by atoms with Crippen molar-refractivity contribution in [3.63, 3.8) is 0 Å². The maximum Gasteiger partial charge on any atom is 0.192 e. The van der Waals surface area contributed by atoms with E-state index in [0.29, 0.717) is 19.4 Å². The van der Waals surface area contributed by atoms with Gasteiger partial charge in [-0.15, -0.1) is 0 Å². The van der Waals surface area contributed by atoms with Crippen molar-refractivity contribution in [3.05, 3.63) is 65.7 Å². The number of aliphatic hydroxyl groups excluding tert-OH is 1. The van der Waals surface area contributed by atoms with Crippen LogP contribution in [-0.4, -0.2) is 86.2 Å². The number of hydrogen-bond donors (Lipinski definition) is 2. The molecule has 3 saturated carbocycles. The molecule has 306 valence electrons. The summed E-state index contributed by atoms with van der Waals surface area (Å²) in [6.45, 7) is 21.3. The van der Waals surface area contributed by atoms with Gasteiger partial charge in [0.05, 0.1) is 56.3 Å². The van der Waals surface area contributed by atoms with Crippen molar-refractivity contribution in [3.8, 4) is 5.75 Å². The van der Waals surface area contributed by atoms with Crippen molar-refractivity contribution in [2.45, 2.75) is 154 Å². The monoisotopic (exact) mass is 782 g/mol. The molecule has 6 rings (SSSR count). The number of benzene rings is 2. The third-order valence-electron chi connectivity index (χ3n) is 14.4. The molecule has 4 fully saturated rings. The number of ether oxygens (including phenoxy) is 6. The van der Waals surface area contributed by atoms with Gasteiger partial charge in [-0.2, -0.15) is 0 Å². The first-order chi connectivity index (χ1) is 25.6. The molecule has 2 N–H and O–H groups in total.